The first kappa shape index (κ1) is 22.8. The van der Waals surface area contributed by atoms with Crippen molar-refractivity contribution in [2.24, 2.45) is 0 Å². The van der Waals surface area contributed by atoms with Crippen LogP contribution in [0.2, 0.25) is 19.6 Å². The number of nitrogens with one attached hydrogen (secondary N) is 1. The molecule has 1 aromatic carbocycles. The summed E-state index contributed by atoms with van der Waals surface area (Å²) in [5.74, 6) is -2.15. The molecule has 1 aliphatic heterocycles. The zero-order valence-corrected chi connectivity index (χ0v) is 18.8. The quantitative estimate of drug-likeness (QED) is 0.684. The van der Waals surface area contributed by atoms with Gasteiger partial charge in [0.2, 0.25) is 0 Å². The van der Waals surface area contributed by atoms with Gasteiger partial charge >= 0.3 is 6.09 Å². The molecular formula is C21H25F2N3O4Si. The maximum atomic E-state index is 14.6. The van der Waals surface area contributed by atoms with Gasteiger partial charge in [0.1, 0.15) is 17.7 Å². The number of hydrogen-bond donors (Lipinski definition) is 2. The molecule has 2 heterocycles. The highest BCUT2D eigenvalue weighted by molar-refractivity contribution is 6.88. The van der Waals surface area contributed by atoms with Crippen LogP contribution in [0.25, 0.3) is 0 Å². The van der Waals surface area contributed by atoms with Gasteiger partial charge in [-0.3, -0.25) is 14.7 Å². The van der Waals surface area contributed by atoms with Gasteiger partial charge in [0.05, 0.1) is 20.4 Å². The summed E-state index contributed by atoms with van der Waals surface area (Å²) in [6.07, 6.45) is -0.921. The van der Waals surface area contributed by atoms with E-state index in [0.29, 0.717) is 23.4 Å². The highest BCUT2D eigenvalue weighted by atomic mass is 28.3. The minimum Gasteiger partial charge on any atom is -0.465 e. The number of anilines is 1. The Bertz CT molecular complexity index is 1000. The van der Waals surface area contributed by atoms with Crippen molar-refractivity contribution in [3.05, 3.63) is 52.9 Å². The second kappa shape index (κ2) is 8.72. The minimum absolute atomic E-state index is 0.0514. The van der Waals surface area contributed by atoms with Crippen molar-refractivity contribution in [1.29, 1.82) is 0 Å². The van der Waals surface area contributed by atoms with Crippen LogP contribution in [-0.4, -0.2) is 48.7 Å². The van der Waals surface area contributed by atoms with Crippen LogP contribution >= 0.6 is 0 Å². The third kappa shape index (κ3) is 4.75. The van der Waals surface area contributed by atoms with E-state index in [2.05, 4.69) is 10.3 Å². The monoisotopic (exact) mass is 449 g/mol. The van der Waals surface area contributed by atoms with E-state index >= 15 is 0 Å². The average molecular weight is 450 g/mol. The zero-order chi connectivity index (χ0) is 22.9. The number of benzene rings is 1. The van der Waals surface area contributed by atoms with E-state index in [-0.39, 0.29) is 24.0 Å². The van der Waals surface area contributed by atoms with Gasteiger partial charge in [-0.2, -0.15) is 0 Å². The summed E-state index contributed by atoms with van der Waals surface area (Å²) in [5.41, 5.74) is 1.63. The number of carbonyl (C=O) groups is 2. The number of carbonyl (C=O) groups excluding carboxylic acids is 1. The van der Waals surface area contributed by atoms with Gasteiger partial charge in [-0.15, -0.1) is 0 Å². The summed E-state index contributed by atoms with van der Waals surface area (Å²) >= 11 is 0. The SMILES string of the molecule is COCc1ccc2c(n1)CCN(C(=O)O)[C@H]2C(=O)Nc1cc(F)c([Si](C)(C)C)c(F)c1. The van der Waals surface area contributed by atoms with Gasteiger partial charge in [0, 0.05) is 42.2 Å². The molecule has 1 aromatic heterocycles. The molecule has 3 rings (SSSR count). The highest BCUT2D eigenvalue weighted by Crippen LogP contribution is 2.31. The van der Waals surface area contributed by atoms with Crippen LogP contribution in [0.3, 0.4) is 0 Å². The minimum atomic E-state index is -2.27. The first-order chi connectivity index (χ1) is 14.5. The Kier molecular flexibility index (Phi) is 6.42. The first-order valence-corrected chi connectivity index (χ1v) is 13.3. The number of pyridine rings is 1. The van der Waals surface area contributed by atoms with Crippen LogP contribution in [0.15, 0.2) is 24.3 Å². The number of halogens is 2. The number of carboxylic acid groups (broad SMARTS) is 1. The number of fused-ring (bicyclic) bond motifs is 1. The molecule has 0 bridgehead atoms. The van der Waals surface area contributed by atoms with Crippen LogP contribution in [0.5, 0.6) is 0 Å². The number of hydrogen-bond acceptors (Lipinski definition) is 4. The number of amides is 2. The van der Waals surface area contributed by atoms with E-state index in [1.807, 2.05) is 19.6 Å². The Balaban J connectivity index is 1.95. The molecule has 31 heavy (non-hydrogen) atoms. The van der Waals surface area contributed by atoms with Crippen molar-refractivity contribution >= 4 is 30.9 Å². The summed E-state index contributed by atoms with van der Waals surface area (Å²) < 4.78 is 34.2. The van der Waals surface area contributed by atoms with Gasteiger partial charge in [-0.1, -0.05) is 25.7 Å². The van der Waals surface area contributed by atoms with Crippen LogP contribution in [0.4, 0.5) is 19.3 Å². The smallest absolute Gasteiger partial charge is 0.408 e. The van der Waals surface area contributed by atoms with Crippen molar-refractivity contribution in [2.45, 2.75) is 38.7 Å². The molecular weight excluding hydrogens is 424 g/mol. The van der Waals surface area contributed by atoms with E-state index in [1.54, 1.807) is 12.1 Å². The Labute approximate surface area is 180 Å². The van der Waals surface area contributed by atoms with Gasteiger partial charge in [0.15, 0.2) is 0 Å². The van der Waals surface area contributed by atoms with Crippen molar-refractivity contribution < 1.29 is 28.2 Å². The maximum Gasteiger partial charge on any atom is 0.408 e. The largest absolute Gasteiger partial charge is 0.465 e. The standard InChI is InChI=1S/C21H25F2N3O4Si/c1-30-11-12-5-6-14-17(24-12)7-8-26(21(28)29)18(14)20(27)25-13-9-15(22)19(16(23)10-13)31(2,3)4/h5-6,9-10,18H,7-8,11H2,1-4H3,(H,25,27)(H,28,29)/t18-/m1/s1. The van der Waals surface area contributed by atoms with Gasteiger partial charge in [-0.25, -0.2) is 13.6 Å². The summed E-state index contributed by atoms with van der Waals surface area (Å²) in [6.45, 7) is 5.82. The molecule has 2 N–H and O–H groups in total. The molecule has 0 aliphatic carbocycles. The lowest BCUT2D eigenvalue weighted by Gasteiger charge is -2.34. The molecule has 0 fully saturated rings. The maximum absolute atomic E-state index is 14.6. The fourth-order valence-electron chi connectivity index (χ4n) is 3.82. The van der Waals surface area contributed by atoms with Crippen molar-refractivity contribution in [2.75, 3.05) is 19.0 Å². The van der Waals surface area contributed by atoms with Crippen molar-refractivity contribution in [3.8, 4) is 0 Å². The Morgan fingerprint density at radius 3 is 2.45 bits per heavy atom. The third-order valence-corrected chi connectivity index (χ3v) is 7.09. The molecule has 0 radical (unpaired) electrons. The number of nitrogens with zero attached hydrogens (tertiary/aromatic N) is 2. The second-order valence-electron chi connectivity index (χ2n) is 8.45. The van der Waals surface area contributed by atoms with E-state index in [1.165, 1.54) is 7.11 Å². The summed E-state index contributed by atoms with van der Waals surface area (Å²) in [5, 5.41) is 12.1. The molecule has 0 spiro atoms. The van der Waals surface area contributed by atoms with Crippen LogP contribution in [-0.2, 0) is 22.6 Å². The van der Waals surface area contributed by atoms with Gasteiger partial charge in [0.25, 0.3) is 5.91 Å². The number of aromatic nitrogens is 1. The van der Waals surface area contributed by atoms with Gasteiger partial charge < -0.3 is 15.2 Å². The Morgan fingerprint density at radius 2 is 1.90 bits per heavy atom. The molecule has 1 atom stereocenters. The molecule has 7 nitrogen and oxygen atoms in total. The van der Waals surface area contributed by atoms with Crippen LogP contribution < -0.4 is 10.5 Å². The first-order valence-electron chi connectivity index (χ1n) is 9.80. The van der Waals surface area contributed by atoms with Crippen molar-refractivity contribution in [3.63, 3.8) is 0 Å². The zero-order valence-electron chi connectivity index (χ0n) is 17.8. The number of ether oxygens (including phenoxy) is 1. The summed E-state index contributed by atoms with van der Waals surface area (Å²) in [7, 11) is -0.733. The predicted molar refractivity (Wildman–Crippen MR) is 114 cm³/mol. The molecule has 166 valence electrons. The van der Waals surface area contributed by atoms with Crippen molar-refractivity contribution in [1.82, 2.24) is 9.88 Å². The fourth-order valence-corrected chi connectivity index (χ4v) is 5.40. The lowest BCUT2D eigenvalue weighted by atomic mass is 9.96. The Morgan fingerprint density at radius 1 is 1.26 bits per heavy atom. The molecule has 0 saturated heterocycles. The lowest BCUT2D eigenvalue weighted by molar-refractivity contribution is -0.121. The molecule has 0 saturated carbocycles. The predicted octanol–water partition coefficient (Wildman–Crippen LogP) is 3.27. The van der Waals surface area contributed by atoms with Crippen LogP contribution in [0.1, 0.15) is 23.0 Å². The topological polar surface area (TPSA) is 91.8 Å². The second-order valence-corrected chi connectivity index (χ2v) is 13.5. The fraction of sp³-hybridized carbons (Fsp3) is 0.381. The number of rotatable bonds is 5. The summed E-state index contributed by atoms with van der Waals surface area (Å²) in [4.78, 5) is 30.3. The number of methoxy groups -OCH3 is 1. The highest BCUT2D eigenvalue weighted by Gasteiger charge is 2.37. The van der Waals surface area contributed by atoms with E-state index in [0.717, 1.165) is 17.0 Å². The summed E-state index contributed by atoms with van der Waals surface area (Å²) in [6, 6.07) is 4.27. The molecule has 0 unspecified atom stereocenters. The lowest BCUT2D eigenvalue weighted by Crippen LogP contribution is -2.45. The molecule has 2 aromatic rings. The van der Waals surface area contributed by atoms with E-state index < -0.39 is 37.8 Å². The van der Waals surface area contributed by atoms with E-state index in [4.69, 9.17) is 4.74 Å². The van der Waals surface area contributed by atoms with Gasteiger partial charge in [-0.05, 0) is 18.2 Å². The molecule has 2 amide bonds. The normalized spacial score (nSPS) is 16.1. The van der Waals surface area contributed by atoms with Crippen LogP contribution in [0, 0.1) is 11.6 Å². The van der Waals surface area contributed by atoms with E-state index in [9.17, 15) is 23.5 Å². The average Bonchev–Trinajstić information content (AvgIpc) is 2.65. The molecule has 10 heteroatoms. The molecule has 1 aliphatic rings. The Hall–Kier alpha value is -2.85. The third-order valence-electron chi connectivity index (χ3n) is 5.11.